The van der Waals surface area contributed by atoms with E-state index in [-0.39, 0.29) is 6.04 Å². The molecule has 2 rings (SSSR count). The van der Waals surface area contributed by atoms with E-state index in [0.717, 1.165) is 12.8 Å². The smallest absolute Gasteiger partial charge is 0.407 e. The Morgan fingerprint density at radius 1 is 1.11 bits per heavy atom. The fourth-order valence-corrected chi connectivity index (χ4v) is 2.87. The molecule has 0 radical (unpaired) electrons. The highest BCUT2D eigenvalue weighted by molar-refractivity contribution is 5.67. The monoisotopic (exact) mass is 257 g/mol. The van der Waals surface area contributed by atoms with Crippen molar-refractivity contribution in [1.29, 1.82) is 0 Å². The quantitative estimate of drug-likeness (QED) is 0.709. The summed E-state index contributed by atoms with van der Waals surface area (Å²) in [6, 6.07) is -0.172. The van der Waals surface area contributed by atoms with Gasteiger partial charge in [-0.25, -0.2) is 4.79 Å². The fourth-order valence-electron chi connectivity index (χ4n) is 2.87. The lowest BCUT2D eigenvalue weighted by Gasteiger charge is -2.21. The van der Waals surface area contributed by atoms with Gasteiger partial charge >= 0.3 is 6.09 Å². The number of alkyl carbamates (subject to hydrolysis) is 1. The van der Waals surface area contributed by atoms with Crippen molar-refractivity contribution in [2.24, 2.45) is 5.92 Å². The zero-order valence-corrected chi connectivity index (χ0v) is 10.7. The van der Waals surface area contributed by atoms with Crippen molar-refractivity contribution in [2.75, 3.05) is 6.61 Å². The Morgan fingerprint density at radius 2 is 1.72 bits per heavy atom. The van der Waals surface area contributed by atoms with Gasteiger partial charge in [-0.3, -0.25) is 0 Å². The van der Waals surface area contributed by atoms with Crippen LogP contribution in [-0.2, 0) is 4.74 Å². The average molecular weight is 257 g/mol. The Balaban J connectivity index is 1.63. The Kier molecular flexibility index (Phi) is 4.83. The number of carbonyl (C=O) groups excluding carboxylic acids is 1. The van der Waals surface area contributed by atoms with Gasteiger partial charge in [0.25, 0.3) is 0 Å². The molecule has 3 N–H and O–H groups in total. The third-order valence-corrected chi connectivity index (χ3v) is 3.99. The molecule has 2 saturated carbocycles. The molecule has 0 aromatic heterocycles. The van der Waals surface area contributed by atoms with Crippen LogP contribution in [0.3, 0.4) is 0 Å². The number of aliphatic hydroxyl groups excluding tert-OH is 2. The van der Waals surface area contributed by atoms with E-state index in [9.17, 15) is 15.0 Å². The fraction of sp³-hybridized carbons (Fsp3) is 0.923. The van der Waals surface area contributed by atoms with Crippen molar-refractivity contribution in [1.82, 2.24) is 5.32 Å². The zero-order valence-electron chi connectivity index (χ0n) is 10.7. The molecule has 5 heteroatoms. The first-order valence-electron chi connectivity index (χ1n) is 6.94. The third kappa shape index (κ3) is 3.85. The number of rotatable bonds is 3. The normalized spacial score (nSPS) is 33.3. The molecular formula is C13H23NO4. The van der Waals surface area contributed by atoms with E-state index in [1.807, 2.05) is 0 Å². The molecule has 0 aromatic carbocycles. The molecule has 2 aliphatic rings. The molecule has 5 nitrogen and oxygen atoms in total. The van der Waals surface area contributed by atoms with Crippen LogP contribution in [0.5, 0.6) is 0 Å². The second-order valence-electron chi connectivity index (χ2n) is 5.55. The van der Waals surface area contributed by atoms with Crippen molar-refractivity contribution < 1.29 is 19.7 Å². The highest BCUT2D eigenvalue weighted by Gasteiger charge is 2.32. The number of aliphatic hydroxyl groups is 2. The molecule has 0 aliphatic heterocycles. The molecule has 1 amide bonds. The molecule has 0 spiro atoms. The predicted octanol–water partition coefficient (Wildman–Crippen LogP) is 1.18. The zero-order chi connectivity index (χ0) is 13.0. The standard InChI is InChI=1S/C13H23NO4/c15-11-6-10(7-12(11)16)14-13(17)18-8-9-4-2-1-3-5-9/h9-12,15-16H,1-8H2,(H,14,17)/t10?,11-,12+. The van der Waals surface area contributed by atoms with Crippen LogP contribution in [0.4, 0.5) is 4.79 Å². The molecule has 0 bridgehead atoms. The number of hydrogen-bond acceptors (Lipinski definition) is 4. The van der Waals surface area contributed by atoms with Gasteiger partial charge < -0.3 is 20.3 Å². The van der Waals surface area contributed by atoms with Crippen LogP contribution >= 0.6 is 0 Å². The van der Waals surface area contributed by atoms with Gasteiger partial charge in [-0.15, -0.1) is 0 Å². The molecule has 0 aromatic rings. The summed E-state index contributed by atoms with van der Waals surface area (Å²) >= 11 is 0. The Hall–Kier alpha value is -0.810. The van der Waals surface area contributed by atoms with Crippen LogP contribution in [0.25, 0.3) is 0 Å². The molecule has 0 saturated heterocycles. The molecule has 1 unspecified atom stereocenters. The number of amides is 1. The van der Waals surface area contributed by atoms with E-state index in [1.165, 1.54) is 19.3 Å². The largest absolute Gasteiger partial charge is 0.449 e. The number of ether oxygens (including phenoxy) is 1. The van der Waals surface area contributed by atoms with Crippen LogP contribution in [0.1, 0.15) is 44.9 Å². The Labute approximate surface area is 108 Å². The minimum absolute atomic E-state index is 0.172. The highest BCUT2D eigenvalue weighted by atomic mass is 16.5. The number of carbonyl (C=O) groups is 1. The van der Waals surface area contributed by atoms with Gasteiger partial charge in [-0.2, -0.15) is 0 Å². The highest BCUT2D eigenvalue weighted by Crippen LogP contribution is 2.24. The van der Waals surface area contributed by atoms with Crippen molar-refractivity contribution in [3.8, 4) is 0 Å². The van der Waals surface area contributed by atoms with E-state index >= 15 is 0 Å². The maximum Gasteiger partial charge on any atom is 0.407 e. The minimum atomic E-state index is -0.728. The first kappa shape index (κ1) is 13.6. The maximum absolute atomic E-state index is 11.6. The van der Waals surface area contributed by atoms with Gasteiger partial charge in [-0.1, -0.05) is 19.3 Å². The molecule has 2 fully saturated rings. The maximum atomic E-state index is 11.6. The van der Waals surface area contributed by atoms with Gasteiger partial charge in [0.05, 0.1) is 18.8 Å². The van der Waals surface area contributed by atoms with Crippen LogP contribution in [0.15, 0.2) is 0 Å². The summed E-state index contributed by atoms with van der Waals surface area (Å²) in [7, 11) is 0. The summed E-state index contributed by atoms with van der Waals surface area (Å²) in [5.74, 6) is 0.504. The van der Waals surface area contributed by atoms with Crippen LogP contribution < -0.4 is 5.32 Å². The molecular weight excluding hydrogens is 234 g/mol. The lowest BCUT2D eigenvalue weighted by molar-refractivity contribution is 0.0438. The summed E-state index contributed by atoms with van der Waals surface area (Å²) in [5, 5.41) is 21.4. The van der Waals surface area contributed by atoms with E-state index < -0.39 is 18.3 Å². The topological polar surface area (TPSA) is 78.8 Å². The van der Waals surface area contributed by atoms with Gasteiger partial charge in [0.2, 0.25) is 0 Å². The molecule has 18 heavy (non-hydrogen) atoms. The molecule has 2 aliphatic carbocycles. The first-order valence-corrected chi connectivity index (χ1v) is 6.94. The van der Waals surface area contributed by atoms with E-state index in [2.05, 4.69) is 5.32 Å². The van der Waals surface area contributed by atoms with Crippen molar-refractivity contribution in [3.05, 3.63) is 0 Å². The Morgan fingerprint density at radius 3 is 2.33 bits per heavy atom. The van der Waals surface area contributed by atoms with Crippen LogP contribution in [0.2, 0.25) is 0 Å². The summed E-state index contributed by atoms with van der Waals surface area (Å²) in [4.78, 5) is 11.6. The van der Waals surface area contributed by atoms with Gasteiger partial charge in [0, 0.05) is 6.04 Å². The molecule has 104 valence electrons. The van der Waals surface area contributed by atoms with Crippen molar-refractivity contribution >= 4 is 6.09 Å². The number of nitrogens with one attached hydrogen (secondary N) is 1. The van der Waals surface area contributed by atoms with Gasteiger partial charge in [0.15, 0.2) is 0 Å². The summed E-state index contributed by atoms with van der Waals surface area (Å²) in [6.45, 7) is 0.490. The SMILES string of the molecule is O=C(NC1C[C@@H](O)[C@@H](O)C1)OCC1CCCCC1. The van der Waals surface area contributed by atoms with Gasteiger partial charge in [0.1, 0.15) is 0 Å². The minimum Gasteiger partial charge on any atom is -0.449 e. The molecule has 0 heterocycles. The second kappa shape index (κ2) is 6.38. The summed E-state index contributed by atoms with van der Waals surface area (Å²) in [5.41, 5.74) is 0. The predicted molar refractivity (Wildman–Crippen MR) is 66.1 cm³/mol. The van der Waals surface area contributed by atoms with E-state index in [4.69, 9.17) is 4.74 Å². The van der Waals surface area contributed by atoms with Crippen molar-refractivity contribution in [2.45, 2.75) is 63.2 Å². The lowest BCUT2D eigenvalue weighted by Crippen LogP contribution is -2.35. The van der Waals surface area contributed by atoms with Crippen molar-refractivity contribution in [3.63, 3.8) is 0 Å². The number of hydrogen-bond donors (Lipinski definition) is 3. The Bertz CT molecular complexity index is 268. The second-order valence-corrected chi connectivity index (χ2v) is 5.55. The van der Waals surface area contributed by atoms with Crippen LogP contribution in [0, 0.1) is 5.92 Å². The average Bonchev–Trinajstić information content (AvgIpc) is 2.67. The molecule has 3 atom stereocenters. The lowest BCUT2D eigenvalue weighted by atomic mass is 9.90. The van der Waals surface area contributed by atoms with Crippen LogP contribution in [-0.4, -0.2) is 41.2 Å². The van der Waals surface area contributed by atoms with E-state index in [1.54, 1.807) is 0 Å². The third-order valence-electron chi connectivity index (χ3n) is 3.99. The summed E-state index contributed by atoms with van der Waals surface area (Å²) in [6.07, 6.45) is 4.98. The van der Waals surface area contributed by atoms with Gasteiger partial charge in [-0.05, 0) is 31.6 Å². The van der Waals surface area contributed by atoms with E-state index in [0.29, 0.717) is 25.4 Å². The summed E-state index contributed by atoms with van der Waals surface area (Å²) < 4.78 is 5.20. The first-order chi connectivity index (χ1) is 8.65.